The van der Waals surface area contributed by atoms with Gasteiger partial charge in [0.1, 0.15) is 11.9 Å². The molecule has 9 heteroatoms. The van der Waals surface area contributed by atoms with Gasteiger partial charge in [0.25, 0.3) is 5.89 Å². The molecule has 0 saturated heterocycles. The summed E-state index contributed by atoms with van der Waals surface area (Å²) in [4.78, 5) is 4.48. The largest absolute Gasteiger partial charge is 0.496 e. The van der Waals surface area contributed by atoms with E-state index < -0.39 is 0 Å². The van der Waals surface area contributed by atoms with Crippen molar-refractivity contribution < 1.29 is 14.0 Å². The van der Waals surface area contributed by atoms with E-state index in [1.54, 1.807) is 25.3 Å². The molecule has 3 heterocycles. The summed E-state index contributed by atoms with van der Waals surface area (Å²) in [6, 6.07) is 13.5. The second kappa shape index (κ2) is 7.55. The third-order valence-corrected chi connectivity index (χ3v) is 5.31. The highest BCUT2D eigenvalue weighted by atomic mass is 35.5. The minimum atomic E-state index is -0.0794. The molecule has 0 radical (unpaired) electrons. The minimum Gasteiger partial charge on any atom is -0.496 e. The zero-order valence-corrected chi connectivity index (χ0v) is 17.1. The van der Waals surface area contributed by atoms with Gasteiger partial charge < -0.3 is 14.0 Å². The quantitative estimate of drug-likeness (QED) is 0.485. The number of ether oxygens (including phenoxy) is 2. The molecule has 30 heavy (non-hydrogen) atoms. The molecule has 4 aromatic rings. The fourth-order valence-corrected chi connectivity index (χ4v) is 3.62. The van der Waals surface area contributed by atoms with Crippen molar-refractivity contribution in [2.24, 2.45) is 0 Å². The first-order valence-corrected chi connectivity index (χ1v) is 9.78. The summed E-state index contributed by atoms with van der Waals surface area (Å²) in [5.41, 5.74) is 4.28. The van der Waals surface area contributed by atoms with Gasteiger partial charge in [0, 0.05) is 5.02 Å². The molecule has 0 bridgehead atoms. The van der Waals surface area contributed by atoms with Crippen molar-refractivity contribution in [3.8, 4) is 28.7 Å². The van der Waals surface area contributed by atoms with Crippen LogP contribution < -0.4 is 4.74 Å². The van der Waals surface area contributed by atoms with Gasteiger partial charge in [0.15, 0.2) is 5.69 Å². The molecular formula is C21H18ClN5O3. The lowest BCUT2D eigenvalue weighted by Gasteiger charge is -2.24. The third kappa shape index (κ3) is 3.34. The number of methoxy groups -OCH3 is 1. The van der Waals surface area contributed by atoms with Crippen LogP contribution in [-0.4, -0.2) is 32.2 Å². The Kier molecular flexibility index (Phi) is 4.72. The van der Waals surface area contributed by atoms with E-state index >= 15 is 0 Å². The van der Waals surface area contributed by atoms with E-state index in [1.807, 2.05) is 4.68 Å². The van der Waals surface area contributed by atoms with Gasteiger partial charge in [-0.25, -0.2) is 4.68 Å². The first-order chi connectivity index (χ1) is 14.6. The summed E-state index contributed by atoms with van der Waals surface area (Å²) < 4.78 is 18.7. The molecule has 0 unspecified atom stereocenters. The maximum Gasteiger partial charge on any atom is 0.262 e. The van der Waals surface area contributed by atoms with Crippen LogP contribution in [-0.2, 0) is 17.9 Å². The fraction of sp³-hybridized carbons (Fsp3) is 0.238. The highest BCUT2D eigenvalue weighted by molar-refractivity contribution is 6.30. The van der Waals surface area contributed by atoms with E-state index in [0.717, 1.165) is 11.3 Å². The van der Waals surface area contributed by atoms with E-state index in [1.165, 1.54) is 5.56 Å². The number of aryl methyl sites for hydroxylation is 1. The molecule has 1 aliphatic rings. The summed E-state index contributed by atoms with van der Waals surface area (Å²) >= 11 is 6.11. The minimum absolute atomic E-state index is 0.0794. The topological polar surface area (TPSA) is 88.1 Å². The van der Waals surface area contributed by atoms with Crippen LogP contribution in [0, 0.1) is 6.92 Å². The van der Waals surface area contributed by atoms with Crippen LogP contribution in [0.3, 0.4) is 0 Å². The van der Waals surface area contributed by atoms with Gasteiger partial charge in [-0.1, -0.05) is 51.8 Å². The highest BCUT2D eigenvalue weighted by Gasteiger charge is 2.28. The van der Waals surface area contributed by atoms with Gasteiger partial charge in [-0.3, -0.25) is 0 Å². The SMILES string of the molecule is COc1ccc(Cl)cc1-c1nc(-c2nnn3c2CO[C@H](c2ccc(C)cc2)C3)no1. The lowest BCUT2D eigenvalue weighted by Crippen LogP contribution is -2.22. The van der Waals surface area contributed by atoms with Crippen molar-refractivity contribution in [3.63, 3.8) is 0 Å². The van der Waals surface area contributed by atoms with Crippen LogP contribution in [0.1, 0.15) is 22.9 Å². The predicted octanol–water partition coefficient (Wildman–Crippen LogP) is 4.24. The predicted molar refractivity (Wildman–Crippen MR) is 109 cm³/mol. The number of hydrogen-bond donors (Lipinski definition) is 0. The normalized spacial score (nSPS) is 15.8. The Bertz CT molecular complexity index is 1200. The Morgan fingerprint density at radius 2 is 2.00 bits per heavy atom. The number of hydrogen-bond acceptors (Lipinski definition) is 7. The molecule has 1 atom stereocenters. The van der Waals surface area contributed by atoms with Gasteiger partial charge in [0.2, 0.25) is 5.82 Å². The lowest BCUT2D eigenvalue weighted by atomic mass is 10.1. The Morgan fingerprint density at radius 1 is 1.17 bits per heavy atom. The van der Waals surface area contributed by atoms with Crippen molar-refractivity contribution in [2.75, 3.05) is 7.11 Å². The van der Waals surface area contributed by atoms with Crippen molar-refractivity contribution in [2.45, 2.75) is 26.2 Å². The Labute approximate surface area is 177 Å². The van der Waals surface area contributed by atoms with Crippen LogP contribution in [0.15, 0.2) is 47.0 Å². The number of halogens is 1. The second-order valence-corrected chi connectivity index (χ2v) is 7.48. The summed E-state index contributed by atoms with van der Waals surface area (Å²) in [6.07, 6.45) is -0.0794. The van der Waals surface area contributed by atoms with E-state index in [4.69, 9.17) is 25.6 Å². The standard InChI is InChI=1S/C21H18ClN5O3/c1-12-3-5-13(6-4-12)18-10-27-16(11-29-18)19(24-26-27)20-23-21(30-25-20)15-9-14(22)7-8-17(15)28-2/h3-9,18H,10-11H2,1-2H3/t18-/m0/s1. The lowest BCUT2D eigenvalue weighted by molar-refractivity contribution is -0.00112. The van der Waals surface area contributed by atoms with Crippen LogP contribution in [0.4, 0.5) is 0 Å². The Balaban J connectivity index is 1.43. The van der Waals surface area contributed by atoms with E-state index in [-0.39, 0.29) is 6.10 Å². The third-order valence-electron chi connectivity index (χ3n) is 5.08. The molecule has 0 aliphatic carbocycles. The van der Waals surface area contributed by atoms with Gasteiger partial charge in [-0.05, 0) is 30.7 Å². The van der Waals surface area contributed by atoms with Crippen molar-refractivity contribution in [1.82, 2.24) is 25.1 Å². The van der Waals surface area contributed by atoms with Crippen LogP contribution in [0.2, 0.25) is 5.02 Å². The van der Waals surface area contributed by atoms with E-state index in [9.17, 15) is 0 Å². The molecule has 2 aromatic carbocycles. The average Bonchev–Trinajstić information content (AvgIpc) is 3.41. The molecule has 8 nitrogen and oxygen atoms in total. The van der Waals surface area contributed by atoms with Crippen LogP contribution >= 0.6 is 11.6 Å². The Hall–Kier alpha value is -3.23. The molecule has 0 spiro atoms. The Morgan fingerprint density at radius 3 is 2.80 bits per heavy atom. The zero-order chi connectivity index (χ0) is 20.7. The van der Waals surface area contributed by atoms with Gasteiger partial charge in [0.05, 0.1) is 31.5 Å². The average molecular weight is 424 g/mol. The van der Waals surface area contributed by atoms with Gasteiger partial charge in [-0.2, -0.15) is 4.98 Å². The second-order valence-electron chi connectivity index (χ2n) is 7.04. The first-order valence-electron chi connectivity index (χ1n) is 9.41. The van der Waals surface area contributed by atoms with Crippen LogP contribution in [0.5, 0.6) is 5.75 Å². The van der Waals surface area contributed by atoms with E-state index in [2.05, 4.69) is 51.6 Å². The maximum absolute atomic E-state index is 6.11. The summed E-state index contributed by atoms with van der Waals surface area (Å²) in [7, 11) is 1.57. The van der Waals surface area contributed by atoms with Crippen molar-refractivity contribution in [1.29, 1.82) is 0 Å². The molecule has 1 aliphatic heterocycles. The molecule has 2 aromatic heterocycles. The molecule has 0 saturated carbocycles. The molecule has 152 valence electrons. The summed E-state index contributed by atoms with van der Waals surface area (Å²) in [6.45, 7) is 2.98. The fourth-order valence-electron chi connectivity index (χ4n) is 3.44. The van der Waals surface area contributed by atoms with Gasteiger partial charge in [-0.15, -0.1) is 5.10 Å². The van der Waals surface area contributed by atoms with Crippen molar-refractivity contribution >= 4 is 11.6 Å². The van der Waals surface area contributed by atoms with E-state index in [0.29, 0.717) is 46.9 Å². The summed E-state index contributed by atoms with van der Waals surface area (Å²) in [5, 5.41) is 13.2. The number of benzene rings is 2. The highest BCUT2D eigenvalue weighted by Crippen LogP contribution is 2.34. The molecule has 0 amide bonds. The molecule has 0 fully saturated rings. The number of fused-ring (bicyclic) bond motifs is 1. The van der Waals surface area contributed by atoms with Gasteiger partial charge >= 0.3 is 0 Å². The monoisotopic (exact) mass is 423 g/mol. The number of aromatic nitrogens is 5. The zero-order valence-electron chi connectivity index (χ0n) is 16.4. The number of nitrogens with zero attached hydrogens (tertiary/aromatic N) is 5. The first kappa shape index (κ1) is 18.8. The maximum atomic E-state index is 6.11. The molecule has 5 rings (SSSR count). The smallest absolute Gasteiger partial charge is 0.262 e. The van der Waals surface area contributed by atoms with Crippen LogP contribution in [0.25, 0.3) is 23.0 Å². The molecular weight excluding hydrogens is 406 g/mol. The summed E-state index contributed by atoms with van der Waals surface area (Å²) in [5.74, 6) is 1.22. The molecule has 0 N–H and O–H groups in total. The number of rotatable bonds is 4. The van der Waals surface area contributed by atoms with Crippen molar-refractivity contribution in [3.05, 3.63) is 64.3 Å².